The highest BCUT2D eigenvalue weighted by Crippen LogP contribution is 2.35. The molecule has 2 amide bonds. The van der Waals surface area contributed by atoms with Crippen LogP contribution in [0, 0.1) is 5.92 Å². The van der Waals surface area contributed by atoms with Crippen molar-refractivity contribution in [3.63, 3.8) is 0 Å². The molecule has 4 atom stereocenters. The van der Waals surface area contributed by atoms with Gasteiger partial charge in [0.15, 0.2) is 0 Å². The van der Waals surface area contributed by atoms with Crippen LogP contribution >= 0.6 is 11.6 Å². The third-order valence-electron chi connectivity index (χ3n) is 6.04. The molecule has 164 valence electrons. The highest BCUT2D eigenvalue weighted by atomic mass is 35.5. The predicted molar refractivity (Wildman–Crippen MR) is 111 cm³/mol. The lowest BCUT2D eigenvalue weighted by atomic mass is 9.94. The molecule has 4 rings (SSSR count). The average Bonchev–Trinajstić information content (AvgIpc) is 3.55. The number of carbonyl (C=O) groups excluding carboxylic acids is 2. The Kier molecular flexibility index (Phi) is 6.93. The zero-order valence-electron chi connectivity index (χ0n) is 17.0. The number of hydrogen-bond donors (Lipinski definition) is 2. The van der Waals surface area contributed by atoms with Gasteiger partial charge in [0.1, 0.15) is 6.10 Å². The van der Waals surface area contributed by atoms with Crippen molar-refractivity contribution in [2.75, 3.05) is 19.8 Å². The van der Waals surface area contributed by atoms with E-state index in [0.717, 1.165) is 24.8 Å². The van der Waals surface area contributed by atoms with Gasteiger partial charge >= 0.3 is 0 Å². The third kappa shape index (κ3) is 5.32. The van der Waals surface area contributed by atoms with E-state index in [0.29, 0.717) is 24.6 Å². The maximum atomic E-state index is 12.8. The van der Waals surface area contributed by atoms with E-state index in [9.17, 15) is 14.7 Å². The van der Waals surface area contributed by atoms with Crippen molar-refractivity contribution in [1.29, 1.82) is 0 Å². The van der Waals surface area contributed by atoms with E-state index < -0.39 is 6.10 Å². The summed E-state index contributed by atoms with van der Waals surface area (Å²) in [5.74, 6) is 0.114. The molecule has 3 aliphatic rings. The average molecular weight is 437 g/mol. The Bertz CT molecular complexity index is 772. The molecule has 30 heavy (non-hydrogen) atoms. The van der Waals surface area contributed by atoms with Gasteiger partial charge in [-0.05, 0) is 37.3 Å². The van der Waals surface area contributed by atoms with Gasteiger partial charge in [-0.1, -0.05) is 29.8 Å². The van der Waals surface area contributed by atoms with Gasteiger partial charge in [0.2, 0.25) is 11.8 Å². The van der Waals surface area contributed by atoms with E-state index in [4.69, 9.17) is 21.1 Å². The Labute approximate surface area is 181 Å². The smallest absolute Gasteiger partial charge is 0.226 e. The first-order valence-corrected chi connectivity index (χ1v) is 11.1. The van der Waals surface area contributed by atoms with E-state index in [1.54, 1.807) is 6.07 Å². The van der Waals surface area contributed by atoms with Gasteiger partial charge in [-0.2, -0.15) is 0 Å². The maximum absolute atomic E-state index is 12.8. The molecular formula is C22H29ClN2O5. The molecule has 8 heteroatoms. The molecule has 2 saturated heterocycles. The molecule has 0 aromatic heterocycles. The summed E-state index contributed by atoms with van der Waals surface area (Å²) in [6, 6.07) is 7.31. The molecule has 2 N–H and O–H groups in total. The van der Waals surface area contributed by atoms with Gasteiger partial charge < -0.3 is 24.8 Å². The molecule has 7 nitrogen and oxygen atoms in total. The van der Waals surface area contributed by atoms with Crippen molar-refractivity contribution < 1.29 is 24.2 Å². The summed E-state index contributed by atoms with van der Waals surface area (Å²) in [6.45, 7) is 1.16. The Hall–Kier alpha value is -1.67. The number of carbonyl (C=O) groups is 2. The normalized spacial score (nSPS) is 29.5. The molecule has 0 radical (unpaired) electrons. The number of amides is 2. The fourth-order valence-corrected chi connectivity index (χ4v) is 4.48. The van der Waals surface area contributed by atoms with Crippen LogP contribution in [0.25, 0.3) is 0 Å². The van der Waals surface area contributed by atoms with Crippen LogP contribution in [-0.2, 0) is 25.6 Å². The molecule has 0 bridgehead atoms. The van der Waals surface area contributed by atoms with Gasteiger partial charge in [0, 0.05) is 24.0 Å². The fraction of sp³-hybridized carbons (Fsp3) is 0.636. The number of benzene rings is 1. The number of hydrogen-bond acceptors (Lipinski definition) is 5. The molecule has 3 fully saturated rings. The van der Waals surface area contributed by atoms with E-state index in [1.165, 1.54) is 0 Å². The van der Waals surface area contributed by atoms with E-state index in [2.05, 4.69) is 5.32 Å². The molecule has 1 aliphatic carbocycles. The van der Waals surface area contributed by atoms with Crippen molar-refractivity contribution in [2.24, 2.45) is 5.92 Å². The molecule has 0 spiro atoms. The predicted octanol–water partition coefficient (Wildman–Crippen LogP) is 1.89. The summed E-state index contributed by atoms with van der Waals surface area (Å²) >= 11 is 6.14. The molecule has 2 heterocycles. The second kappa shape index (κ2) is 9.64. The minimum absolute atomic E-state index is 0.0894. The van der Waals surface area contributed by atoms with Crippen molar-refractivity contribution in [2.45, 2.75) is 63.0 Å². The molecule has 1 aromatic rings. The lowest BCUT2D eigenvalue weighted by molar-refractivity contribution is -0.170. The molecule has 2 aliphatic heterocycles. The highest BCUT2D eigenvalue weighted by molar-refractivity contribution is 6.31. The summed E-state index contributed by atoms with van der Waals surface area (Å²) in [6.07, 6.45) is 2.35. The maximum Gasteiger partial charge on any atom is 0.226 e. The highest BCUT2D eigenvalue weighted by Gasteiger charge is 2.43. The fourth-order valence-electron chi connectivity index (χ4n) is 4.27. The largest absolute Gasteiger partial charge is 0.389 e. The van der Waals surface area contributed by atoms with Crippen LogP contribution in [0.15, 0.2) is 24.3 Å². The number of nitrogens with one attached hydrogen (secondary N) is 1. The number of aliphatic hydroxyl groups excluding tert-OH is 1. The van der Waals surface area contributed by atoms with E-state index in [-0.39, 0.29) is 55.6 Å². The second-order valence-electron chi connectivity index (χ2n) is 8.47. The minimum atomic E-state index is -0.679. The quantitative estimate of drug-likeness (QED) is 0.736. The first-order valence-electron chi connectivity index (χ1n) is 10.7. The van der Waals surface area contributed by atoms with Crippen LogP contribution in [0.4, 0.5) is 0 Å². The Morgan fingerprint density at radius 1 is 1.17 bits per heavy atom. The van der Waals surface area contributed by atoms with Gasteiger partial charge in [-0.25, -0.2) is 0 Å². The number of halogens is 1. The Balaban J connectivity index is 1.33. The molecular weight excluding hydrogens is 408 g/mol. The second-order valence-corrected chi connectivity index (χ2v) is 8.88. The van der Waals surface area contributed by atoms with Gasteiger partial charge in [-0.15, -0.1) is 0 Å². The van der Waals surface area contributed by atoms with Crippen LogP contribution in [-0.4, -0.2) is 65.9 Å². The Morgan fingerprint density at radius 3 is 2.73 bits per heavy atom. The summed E-state index contributed by atoms with van der Waals surface area (Å²) in [7, 11) is 0. The molecule has 1 saturated carbocycles. The summed E-state index contributed by atoms with van der Waals surface area (Å²) < 4.78 is 11.8. The van der Waals surface area contributed by atoms with Crippen molar-refractivity contribution in [1.82, 2.24) is 10.2 Å². The summed E-state index contributed by atoms with van der Waals surface area (Å²) in [5, 5.41) is 13.7. The van der Waals surface area contributed by atoms with E-state index >= 15 is 0 Å². The molecule has 0 unspecified atom stereocenters. The zero-order chi connectivity index (χ0) is 21.1. The summed E-state index contributed by atoms with van der Waals surface area (Å²) in [4.78, 5) is 27.0. The SMILES string of the molecule is O=C(C[C@@H]1CC[C@@H]2[C@H](COC[C@H](O)CN2C(=O)C2CC2)O1)NCc1ccccc1Cl. The number of ether oxygens (including phenoxy) is 2. The van der Waals surface area contributed by atoms with Crippen LogP contribution in [0.3, 0.4) is 0 Å². The van der Waals surface area contributed by atoms with Gasteiger partial charge in [0.05, 0.1) is 37.9 Å². The van der Waals surface area contributed by atoms with E-state index in [1.807, 2.05) is 23.1 Å². The Morgan fingerprint density at radius 2 is 1.97 bits per heavy atom. The van der Waals surface area contributed by atoms with Gasteiger partial charge in [0.25, 0.3) is 0 Å². The lowest BCUT2D eigenvalue weighted by Gasteiger charge is -2.44. The van der Waals surface area contributed by atoms with Crippen LogP contribution in [0.5, 0.6) is 0 Å². The van der Waals surface area contributed by atoms with Crippen molar-refractivity contribution in [3.8, 4) is 0 Å². The topological polar surface area (TPSA) is 88.1 Å². The summed E-state index contributed by atoms with van der Waals surface area (Å²) in [5.41, 5.74) is 0.873. The molecule has 1 aromatic carbocycles. The number of β-amino-alcohol motifs (C(OH)–C–C–N with tert-alkyl or cyclic N) is 1. The number of nitrogens with zero attached hydrogens (tertiary/aromatic N) is 1. The van der Waals surface area contributed by atoms with Crippen LogP contribution < -0.4 is 5.32 Å². The lowest BCUT2D eigenvalue weighted by Crippen LogP contribution is -2.57. The first kappa shape index (κ1) is 21.6. The van der Waals surface area contributed by atoms with Crippen LogP contribution in [0.1, 0.15) is 37.7 Å². The van der Waals surface area contributed by atoms with Gasteiger partial charge in [-0.3, -0.25) is 9.59 Å². The number of aliphatic hydroxyl groups is 1. The third-order valence-corrected chi connectivity index (χ3v) is 6.41. The first-order chi connectivity index (χ1) is 14.5. The standard InChI is InChI=1S/C22H29ClN2O5/c23-18-4-2-1-3-15(18)10-24-21(27)9-17-7-8-19-20(30-17)13-29-12-16(26)11-25(19)22(28)14-5-6-14/h1-4,14,16-17,19-20,26H,5-13H2,(H,24,27)/t16-,17+,19-,20+/m1/s1. The number of rotatable bonds is 5. The van der Waals surface area contributed by atoms with Crippen molar-refractivity contribution in [3.05, 3.63) is 34.9 Å². The van der Waals surface area contributed by atoms with Crippen LogP contribution in [0.2, 0.25) is 5.02 Å². The zero-order valence-corrected chi connectivity index (χ0v) is 17.7. The minimum Gasteiger partial charge on any atom is -0.389 e. The monoisotopic (exact) mass is 436 g/mol. The number of fused-ring (bicyclic) bond motifs is 1. The van der Waals surface area contributed by atoms with Crippen molar-refractivity contribution >= 4 is 23.4 Å².